The van der Waals surface area contributed by atoms with Crippen molar-refractivity contribution in [3.8, 4) is 11.3 Å². The minimum absolute atomic E-state index is 0.213. The van der Waals surface area contributed by atoms with Crippen LogP contribution in [0.15, 0.2) is 34.8 Å². The second-order valence-electron chi connectivity index (χ2n) is 5.35. The number of nitrogen functional groups attached to an aromatic ring is 1. The molecule has 0 radical (unpaired) electrons. The van der Waals surface area contributed by atoms with Crippen LogP contribution in [0.1, 0.15) is 19.9 Å². The monoisotopic (exact) mass is 408 g/mol. The number of nitrogens with one attached hydrogen (secondary N) is 1. The van der Waals surface area contributed by atoms with Crippen LogP contribution >= 0.6 is 34.7 Å². The molecule has 0 bridgehead atoms. The molecule has 3 aromatic rings. The van der Waals surface area contributed by atoms with Gasteiger partial charge < -0.3 is 11.1 Å². The summed E-state index contributed by atoms with van der Waals surface area (Å²) in [5.41, 5.74) is 7.58. The van der Waals surface area contributed by atoms with E-state index in [9.17, 15) is 4.79 Å². The second kappa shape index (κ2) is 8.07. The molecule has 0 fully saturated rings. The Labute approximate surface area is 164 Å². The highest BCUT2D eigenvalue weighted by Crippen LogP contribution is 2.28. The van der Waals surface area contributed by atoms with Crippen molar-refractivity contribution in [1.29, 1.82) is 0 Å². The van der Waals surface area contributed by atoms with Crippen molar-refractivity contribution in [2.24, 2.45) is 0 Å². The van der Waals surface area contributed by atoms with Crippen LogP contribution in [-0.4, -0.2) is 31.4 Å². The van der Waals surface area contributed by atoms with Gasteiger partial charge in [-0.05, 0) is 24.8 Å². The van der Waals surface area contributed by atoms with Crippen molar-refractivity contribution in [3.63, 3.8) is 0 Å². The van der Waals surface area contributed by atoms with E-state index < -0.39 is 6.04 Å². The average molecular weight is 409 g/mol. The fraction of sp³-hybridized carbons (Fsp3) is 0.250. The fourth-order valence-corrected chi connectivity index (χ4v) is 3.89. The van der Waals surface area contributed by atoms with E-state index in [1.165, 1.54) is 23.1 Å². The number of halogens is 1. The zero-order valence-electron chi connectivity index (χ0n) is 14.1. The Hall–Kier alpha value is -2.10. The van der Waals surface area contributed by atoms with Crippen molar-refractivity contribution < 1.29 is 4.79 Å². The first-order valence-electron chi connectivity index (χ1n) is 7.85. The number of amides is 1. The SMILES string of the molecule is CCSc1nnc(N)n1C(C)C(=O)Nc1nc(-c2ccc(Cl)cc2)cs1. The van der Waals surface area contributed by atoms with Gasteiger partial charge >= 0.3 is 0 Å². The lowest BCUT2D eigenvalue weighted by Crippen LogP contribution is -2.25. The van der Waals surface area contributed by atoms with E-state index in [1.54, 1.807) is 23.6 Å². The summed E-state index contributed by atoms with van der Waals surface area (Å²) in [6, 6.07) is 6.83. The zero-order valence-corrected chi connectivity index (χ0v) is 16.5. The third-order valence-electron chi connectivity index (χ3n) is 3.61. The standard InChI is InChI=1S/C16H17ClN6OS2/c1-3-25-16-22-21-14(18)23(16)9(2)13(24)20-15-19-12(8-26-15)10-4-6-11(17)7-5-10/h4-9H,3H2,1-2H3,(H2,18,21)(H,19,20,24). The third kappa shape index (κ3) is 4.00. The van der Waals surface area contributed by atoms with E-state index in [0.717, 1.165) is 17.0 Å². The molecule has 2 aromatic heterocycles. The summed E-state index contributed by atoms with van der Waals surface area (Å²) in [5.74, 6) is 0.791. The zero-order chi connectivity index (χ0) is 18.7. The van der Waals surface area contributed by atoms with Crippen molar-refractivity contribution in [2.45, 2.75) is 25.0 Å². The van der Waals surface area contributed by atoms with Crippen LogP contribution in [-0.2, 0) is 4.79 Å². The molecule has 0 aliphatic rings. The average Bonchev–Trinajstić information content (AvgIpc) is 3.22. The molecule has 1 aromatic carbocycles. The van der Waals surface area contributed by atoms with Gasteiger partial charge in [0.15, 0.2) is 10.3 Å². The van der Waals surface area contributed by atoms with Crippen LogP contribution in [0, 0.1) is 0 Å². The number of benzene rings is 1. The summed E-state index contributed by atoms with van der Waals surface area (Å²) < 4.78 is 1.62. The minimum atomic E-state index is -0.554. The quantitative estimate of drug-likeness (QED) is 0.599. The van der Waals surface area contributed by atoms with Gasteiger partial charge in [0.25, 0.3) is 0 Å². The molecule has 0 saturated carbocycles. The number of thioether (sulfide) groups is 1. The smallest absolute Gasteiger partial charge is 0.249 e. The largest absolute Gasteiger partial charge is 0.368 e. The predicted molar refractivity (Wildman–Crippen MR) is 107 cm³/mol. The van der Waals surface area contributed by atoms with Gasteiger partial charge in [0, 0.05) is 16.0 Å². The van der Waals surface area contributed by atoms with E-state index in [0.29, 0.717) is 15.3 Å². The topological polar surface area (TPSA) is 98.7 Å². The number of hydrogen-bond donors (Lipinski definition) is 2. The first-order valence-corrected chi connectivity index (χ1v) is 10.1. The lowest BCUT2D eigenvalue weighted by Gasteiger charge is -2.15. The van der Waals surface area contributed by atoms with Crippen molar-refractivity contribution in [2.75, 3.05) is 16.8 Å². The Morgan fingerprint density at radius 3 is 2.81 bits per heavy atom. The van der Waals surface area contributed by atoms with Crippen molar-refractivity contribution >= 4 is 51.7 Å². The molecule has 0 saturated heterocycles. The summed E-state index contributed by atoms with van der Waals surface area (Å²) in [4.78, 5) is 17.1. The molecule has 1 unspecified atom stereocenters. The number of carbonyl (C=O) groups excluding carboxylic acids is 1. The maximum atomic E-state index is 12.6. The summed E-state index contributed by atoms with van der Waals surface area (Å²) >= 11 is 8.75. The number of aromatic nitrogens is 4. The van der Waals surface area contributed by atoms with Crippen LogP contribution < -0.4 is 11.1 Å². The van der Waals surface area contributed by atoms with Gasteiger partial charge in [-0.1, -0.05) is 42.4 Å². The number of carbonyl (C=O) groups is 1. The van der Waals surface area contributed by atoms with Gasteiger partial charge in [-0.15, -0.1) is 21.5 Å². The minimum Gasteiger partial charge on any atom is -0.368 e. The lowest BCUT2D eigenvalue weighted by atomic mass is 10.2. The maximum absolute atomic E-state index is 12.6. The fourth-order valence-electron chi connectivity index (χ4n) is 2.29. The molecular formula is C16H17ClN6OS2. The normalized spacial score (nSPS) is 12.1. The summed E-state index contributed by atoms with van der Waals surface area (Å²) in [6.07, 6.45) is 0. The molecule has 3 rings (SSSR count). The van der Waals surface area contributed by atoms with E-state index in [2.05, 4.69) is 20.5 Å². The van der Waals surface area contributed by atoms with Gasteiger partial charge in [0.2, 0.25) is 11.9 Å². The molecule has 1 amide bonds. The molecule has 136 valence electrons. The van der Waals surface area contributed by atoms with Gasteiger partial charge in [-0.25, -0.2) is 4.98 Å². The van der Waals surface area contributed by atoms with Crippen LogP contribution in [0.4, 0.5) is 11.1 Å². The summed E-state index contributed by atoms with van der Waals surface area (Å²) in [5, 5.41) is 14.4. The lowest BCUT2D eigenvalue weighted by molar-refractivity contribution is -0.118. The molecule has 3 N–H and O–H groups in total. The highest BCUT2D eigenvalue weighted by atomic mass is 35.5. The molecule has 0 aliphatic carbocycles. The molecule has 0 aliphatic heterocycles. The highest BCUT2D eigenvalue weighted by molar-refractivity contribution is 7.99. The third-order valence-corrected chi connectivity index (χ3v) is 5.44. The highest BCUT2D eigenvalue weighted by Gasteiger charge is 2.22. The van der Waals surface area contributed by atoms with Gasteiger partial charge in [-0.2, -0.15) is 0 Å². The molecule has 10 heteroatoms. The van der Waals surface area contributed by atoms with E-state index in [1.807, 2.05) is 24.4 Å². The first kappa shape index (κ1) is 18.7. The van der Waals surface area contributed by atoms with Crippen LogP contribution in [0.5, 0.6) is 0 Å². The molecule has 1 atom stereocenters. The number of thiazole rings is 1. The van der Waals surface area contributed by atoms with Crippen molar-refractivity contribution in [1.82, 2.24) is 19.7 Å². The number of nitrogens with two attached hydrogens (primary N) is 1. The molecule has 2 heterocycles. The Bertz CT molecular complexity index is 908. The first-order chi connectivity index (χ1) is 12.5. The van der Waals surface area contributed by atoms with Gasteiger partial charge in [0.1, 0.15) is 6.04 Å². The molecule has 26 heavy (non-hydrogen) atoms. The molecule has 0 spiro atoms. The Kier molecular flexibility index (Phi) is 5.80. The maximum Gasteiger partial charge on any atom is 0.249 e. The summed E-state index contributed by atoms with van der Waals surface area (Å²) in [6.45, 7) is 3.75. The van der Waals surface area contributed by atoms with Gasteiger partial charge in [-0.3, -0.25) is 9.36 Å². The number of anilines is 2. The van der Waals surface area contributed by atoms with E-state index >= 15 is 0 Å². The number of rotatable bonds is 6. The summed E-state index contributed by atoms with van der Waals surface area (Å²) in [7, 11) is 0. The Balaban J connectivity index is 1.74. The Morgan fingerprint density at radius 1 is 1.38 bits per heavy atom. The predicted octanol–water partition coefficient (Wildman–Crippen LogP) is 3.95. The van der Waals surface area contributed by atoms with Crippen molar-refractivity contribution in [3.05, 3.63) is 34.7 Å². The van der Waals surface area contributed by atoms with Crippen LogP contribution in [0.3, 0.4) is 0 Å². The molecule has 7 nitrogen and oxygen atoms in total. The van der Waals surface area contributed by atoms with Crippen LogP contribution in [0.2, 0.25) is 5.02 Å². The number of nitrogens with zero attached hydrogens (tertiary/aromatic N) is 4. The molecular weight excluding hydrogens is 392 g/mol. The Morgan fingerprint density at radius 2 is 2.12 bits per heavy atom. The van der Waals surface area contributed by atoms with E-state index in [-0.39, 0.29) is 11.9 Å². The second-order valence-corrected chi connectivity index (χ2v) is 7.88. The van der Waals surface area contributed by atoms with E-state index in [4.69, 9.17) is 17.3 Å². The van der Waals surface area contributed by atoms with Crippen LogP contribution in [0.25, 0.3) is 11.3 Å². The number of hydrogen-bond acceptors (Lipinski definition) is 7. The van der Waals surface area contributed by atoms with Gasteiger partial charge in [0.05, 0.1) is 5.69 Å².